The molecule has 1 aliphatic heterocycles. The Bertz CT molecular complexity index is 1580. The molecule has 0 spiro atoms. The zero-order valence-electron chi connectivity index (χ0n) is 26.2. The highest BCUT2D eigenvalue weighted by molar-refractivity contribution is 6.30. The van der Waals surface area contributed by atoms with Crippen molar-refractivity contribution in [2.75, 3.05) is 13.7 Å². The molecular formula is C34H35ClN2O10. The number of hydrogen-bond acceptors (Lipinski definition) is 11. The van der Waals surface area contributed by atoms with Crippen molar-refractivity contribution in [2.45, 2.75) is 50.8 Å². The number of carbonyl (C=O) groups is 5. The van der Waals surface area contributed by atoms with Gasteiger partial charge in [0.25, 0.3) is 5.91 Å². The fourth-order valence-corrected chi connectivity index (χ4v) is 4.93. The van der Waals surface area contributed by atoms with E-state index in [4.69, 9.17) is 35.3 Å². The maximum atomic E-state index is 13.5. The van der Waals surface area contributed by atoms with Gasteiger partial charge in [-0.15, -0.1) is 11.6 Å². The minimum Gasteiger partial charge on any atom is -0.493 e. The van der Waals surface area contributed by atoms with Crippen molar-refractivity contribution in [2.24, 2.45) is 11.8 Å². The number of methoxy groups -OCH3 is 1. The van der Waals surface area contributed by atoms with Crippen LogP contribution in [-0.2, 0) is 39.8 Å². The van der Waals surface area contributed by atoms with E-state index >= 15 is 0 Å². The normalized spacial score (nSPS) is 20.4. The minimum absolute atomic E-state index is 0.00825. The fraction of sp³-hybridized carbons (Fsp3) is 0.353. The minimum atomic E-state index is -1.51. The Kier molecular flexibility index (Phi) is 11.9. The van der Waals surface area contributed by atoms with E-state index in [-0.39, 0.29) is 17.9 Å². The van der Waals surface area contributed by atoms with Crippen LogP contribution in [0.5, 0.6) is 11.5 Å². The largest absolute Gasteiger partial charge is 0.493 e. The van der Waals surface area contributed by atoms with Gasteiger partial charge in [0.05, 0.1) is 13.0 Å². The Balaban J connectivity index is 1.58. The van der Waals surface area contributed by atoms with Gasteiger partial charge in [-0.05, 0) is 24.5 Å². The molecule has 1 amide bonds. The quantitative estimate of drug-likeness (QED) is 0.190. The number of carbonyl (C=O) groups excluding carboxylic acids is 5. The van der Waals surface area contributed by atoms with E-state index in [9.17, 15) is 24.0 Å². The van der Waals surface area contributed by atoms with Crippen molar-refractivity contribution in [3.05, 3.63) is 89.7 Å². The van der Waals surface area contributed by atoms with Crippen molar-refractivity contribution >= 4 is 41.4 Å². The Hall–Kier alpha value is -4.97. The number of esters is 4. The van der Waals surface area contributed by atoms with Crippen molar-refractivity contribution in [3.8, 4) is 11.5 Å². The number of amides is 1. The van der Waals surface area contributed by atoms with E-state index in [1.54, 1.807) is 68.4 Å². The zero-order chi connectivity index (χ0) is 34.1. The molecule has 0 bridgehead atoms. The molecule has 12 nitrogen and oxygen atoms in total. The first kappa shape index (κ1) is 34.9. The zero-order valence-corrected chi connectivity index (χ0v) is 27.0. The summed E-state index contributed by atoms with van der Waals surface area (Å²) < 4.78 is 27.6. The number of halogens is 1. The van der Waals surface area contributed by atoms with E-state index in [0.29, 0.717) is 5.56 Å². The summed E-state index contributed by atoms with van der Waals surface area (Å²) in [5.41, 5.74) is 0.813. The van der Waals surface area contributed by atoms with Gasteiger partial charge in [0, 0.05) is 12.3 Å². The number of aromatic nitrogens is 1. The first-order valence-electron chi connectivity index (χ1n) is 14.9. The Labute approximate surface area is 276 Å². The van der Waals surface area contributed by atoms with Gasteiger partial charge in [-0.25, -0.2) is 14.6 Å². The van der Waals surface area contributed by atoms with E-state index in [1.165, 1.54) is 26.3 Å². The molecule has 1 aliphatic rings. The van der Waals surface area contributed by atoms with Crippen LogP contribution in [-0.4, -0.2) is 66.7 Å². The van der Waals surface area contributed by atoms with Crippen LogP contribution >= 0.6 is 11.6 Å². The van der Waals surface area contributed by atoms with Crippen molar-refractivity contribution < 1.29 is 47.7 Å². The summed E-state index contributed by atoms with van der Waals surface area (Å²) in [6.07, 6.45) is -0.919. The number of cyclic esters (lactones) is 2. The molecule has 0 saturated carbocycles. The fourth-order valence-electron chi connectivity index (χ4n) is 4.74. The lowest BCUT2D eigenvalue weighted by atomic mass is 9.91. The molecular weight excluding hydrogens is 632 g/mol. The molecule has 1 aromatic heterocycles. The second-order valence-corrected chi connectivity index (χ2v) is 11.5. The van der Waals surface area contributed by atoms with E-state index in [0.717, 1.165) is 5.56 Å². The van der Waals surface area contributed by atoms with Crippen LogP contribution in [0.25, 0.3) is 0 Å². The highest BCUT2D eigenvalue weighted by Crippen LogP contribution is 2.32. The van der Waals surface area contributed by atoms with Gasteiger partial charge < -0.3 is 29.0 Å². The van der Waals surface area contributed by atoms with E-state index < -0.39 is 77.5 Å². The average molecular weight is 667 g/mol. The molecule has 5 atom stereocenters. The summed E-state index contributed by atoms with van der Waals surface area (Å²) in [4.78, 5) is 70.0. The average Bonchev–Trinajstić information content (AvgIpc) is 3.10. The van der Waals surface area contributed by atoms with E-state index in [1.807, 2.05) is 6.07 Å². The maximum Gasteiger partial charge on any atom is 0.334 e. The number of ether oxygens (including phenoxy) is 5. The van der Waals surface area contributed by atoms with Gasteiger partial charge in [0.2, 0.25) is 5.75 Å². The first-order chi connectivity index (χ1) is 22.5. The van der Waals surface area contributed by atoms with Crippen molar-refractivity contribution in [3.63, 3.8) is 0 Å². The molecule has 248 valence electrons. The topological polar surface area (TPSA) is 156 Å². The smallest absolute Gasteiger partial charge is 0.334 e. The first-order valence-corrected chi connectivity index (χ1v) is 15.3. The molecule has 13 heteroatoms. The van der Waals surface area contributed by atoms with Gasteiger partial charge in [0.1, 0.15) is 18.6 Å². The second kappa shape index (κ2) is 16.0. The molecule has 2 heterocycles. The highest BCUT2D eigenvalue weighted by atomic mass is 35.5. The van der Waals surface area contributed by atoms with Crippen LogP contribution in [0.4, 0.5) is 0 Å². The third-order valence-corrected chi connectivity index (χ3v) is 7.70. The number of pyridine rings is 1. The molecule has 47 heavy (non-hydrogen) atoms. The predicted molar refractivity (Wildman–Crippen MR) is 168 cm³/mol. The molecule has 1 fully saturated rings. The van der Waals surface area contributed by atoms with Crippen molar-refractivity contribution in [1.82, 2.24) is 10.3 Å². The molecule has 0 radical (unpaired) electrons. The van der Waals surface area contributed by atoms with Gasteiger partial charge in [-0.3, -0.25) is 14.4 Å². The van der Waals surface area contributed by atoms with E-state index in [2.05, 4.69) is 10.3 Å². The van der Waals surface area contributed by atoms with Crippen LogP contribution in [0.1, 0.15) is 47.8 Å². The summed E-state index contributed by atoms with van der Waals surface area (Å²) in [5.74, 6) is -6.09. The third-order valence-electron chi connectivity index (χ3n) is 7.27. The highest BCUT2D eigenvalue weighted by Gasteiger charge is 2.42. The van der Waals surface area contributed by atoms with Crippen LogP contribution in [0.15, 0.2) is 72.9 Å². The second-order valence-electron chi connectivity index (χ2n) is 11.0. The van der Waals surface area contributed by atoms with Gasteiger partial charge in [-0.1, -0.05) is 74.5 Å². The maximum absolute atomic E-state index is 13.5. The molecule has 3 unspecified atom stereocenters. The van der Waals surface area contributed by atoms with Crippen LogP contribution in [0, 0.1) is 11.8 Å². The third kappa shape index (κ3) is 8.85. The van der Waals surface area contributed by atoms with Gasteiger partial charge in [0.15, 0.2) is 29.0 Å². The van der Waals surface area contributed by atoms with Crippen molar-refractivity contribution in [1.29, 1.82) is 0 Å². The molecule has 1 N–H and O–H groups in total. The standard InChI is InChI=1S/C34H35ClN2O10/c1-19(2)31(39)46-28-20(3)45-33(41)24(18-44-32(40)23(28)17-21-11-7-5-8-12-21)37-30(38)27-29(25(43-4)15-16-36-27)47-34(42)26(35)22-13-9-6-10-14-22/h5-16,19-20,23-24,26,28H,17-18H2,1-4H3,(H,37,38)/t20-,23+,24?,26?,28?/m0/s1. The lowest BCUT2D eigenvalue weighted by Gasteiger charge is -2.29. The molecule has 1 saturated heterocycles. The summed E-state index contributed by atoms with van der Waals surface area (Å²) >= 11 is 6.33. The number of rotatable bonds is 10. The van der Waals surface area contributed by atoms with Gasteiger partial charge in [-0.2, -0.15) is 0 Å². The molecule has 2 aromatic carbocycles. The monoisotopic (exact) mass is 666 g/mol. The Morgan fingerprint density at radius 3 is 2.28 bits per heavy atom. The molecule has 0 aliphatic carbocycles. The Morgan fingerprint density at radius 2 is 1.64 bits per heavy atom. The van der Waals surface area contributed by atoms with Crippen LogP contribution in [0.3, 0.4) is 0 Å². The number of hydrogen-bond donors (Lipinski definition) is 1. The SMILES string of the molecule is COc1ccnc(C(=O)NC2COC(=O)[C@H](Cc3ccccc3)C(OC(=O)C(C)C)[C@H](C)OC2=O)c1OC(=O)C(Cl)c1ccccc1. The lowest BCUT2D eigenvalue weighted by molar-refractivity contribution is -0.176. The van der Waals surface area contributed by atoms with Crippen LogP contribution < -0.4 is 14.8 Å². The summed E-state index contributed by atoms with van der Waals surface area (Å²) in [6, 6.07) is 17.3. The van der Waals surface area contributed by atoms with Crippen LogP contribution in [0.2, 0.25) is 0 Å². The summed E-state index contributed by atoms with van der Waals surface area (Å²) in [5, 5.41) is 1.23. The summed E-state index contributed by atoms with van der Waals surface area (Å²) in [7, 11) is 1.30. The molecule has 4 rings (SSSR count). The number of benzene rings is 2. The Morgan fingerprint density at radius 1 is 0.979 bits per heavy atom. The number of nitrogens with zero attached hydrogens (tertiary/aromatic N) is 1. The summed E-state index contributed by atoms with van der Waals surface area (Å²) in [6.45, 7) is 4.15. The molecule has 3 aromatic rings. The number of nitrogens with one attached hydrogen (secondary N) is 1. The number of alkyl halides is 1. The lowest BCUT2D eigenvalue weighted by Crippen LogP contribution is -2.47. The van der Waals surface area contributed by atoms with Gasteiger partial charge >= 0.3 is 23.9 Å². The predicted octanol–water partition coefficient (Wildman–Crippen LogP) is 3.99.